The van der Waals surface area contributed by atoms with Crippen molar-refractivity contribution < 1.29 is 9.18 Å². The van der Waals surface area contributed by atoms with E-state index in [-0.39, 0.29) is 11.4 Å². The second-order valence-corrected chi connectivity index (χ2v) is 6.61. The molecule has 0 aromatic heterocycles. The van der Waals surface area contributed by atoms with Gasteiger partial charge < -0.3 is 9.80 Å². The summed E-state index contributed by atoms with van der Waals surface area (Å²) >= 11 is 3.31. The van der Waals surface area contributed by atoms with Gasteiger partial charge in [-0.3, -0.25) is 4.79 Å². The smallest absolute Gasteiger partial charge is 0.254 e. The van der Waals surface area contributed by atoms with Gasteiger partial charge in [-0.15, -0.1) is 0 Å². The molecule has 5 heteroatoms. The van der Waals surface area contributed by atoms with Gasteiger partial charge in [0.05, 0.1) is 5.56 Å². The van der Waals surface area contributed by atoms with E-state index < -0.39 is 5.82 Å². The van der Waals surface area contributed by atoms with Crippen molar-refractivity contribution in [2.24, 2.45) is 0 Å². The minimum Gasteiger partial charge on any atom is -0.340 e. The molecule has 1 saturated carbocycles. The first kappa shape index (κ1) is 15.4. The van der Waals surface area contributed by atoms with Gasteiger partial charge in [0.15, 0.2) is 0 Å². The molecular formula is C15H20BrFN2O. The van der Waals surface area contributed by atoms with Gasteiger partial charge in [-0.05, 0) is 67.5 Å². The van der Waals surface area contributed by atoms with E-state index in [0.717, 1.165) is 12.8 Å². The Bertz CT molecular complexity index is 515. The van der Waals surface area contributed by atoms with E-state index >= 15 is 0 Å². The first-order valence-corrected chi connectivity index (χ1v) is 7.53. The van der Waals surface area contributed by atoms with Crippen molar-refractivity contribution in [3.63, 3.8) is 0 Å². The molecule has 0 radical (unpaired) electrons. The highest BCUT2D eigenvalue weighted by atomic mass is 79.9. The lowest BCUT2D eigenvalue weighted by Gasteiger charge is -2.49. The summed E-state index contributed by atoms with van der Waals surface area (Å²) in [5.41, 5.74) is 0.449. The molecule has 0 spiro atoms. The van der Waals surface area contributed by atoms with Crippen molar-refractivity contribution >= 4 is 21.8 Å². The van der Waals surface area contributed by atoms with E-state index in [1.807, 2.05) is 0 Å². The second kappa shape index (κ2) is 5.82. The zero-order valence-corrected chi connectivity index (χ0v) is 13.7. The maximum absolute atomic E-state index is 13.3. The Morgan fingerprint density at radius 2 is 2.00 bits per heavy atom. The van der Waals surface area contributed by atoms with Gasteiger partial charge >= 0.3 is 0 Å². The molecular weight excluding hydrogens is 323 g/mol. The van der Waals surface area contributed by atoms with E-state index in [1.165, 1.54) is 18.6 Å². The Balaban J connectivity index is 2.14. The number of rotatable bonds is 4. The summed E-state index contributed by atoms with van der Waals surface area (Å²) in [7, 11) is 5.88. The minimum atomic E-state index is -0.393. The highest BCUT2D eigenvalue weighted by molar-refractivity contribution is 9.10. The lowest BCUT2D eigenvalue weighted by atomic mass is 9.75. The topological polar surface area (TPSA) is 23.6 Å². The lowest BCUT2D eigenvalue weighted by molar-refractivity contribution is 0.0252. The molecule has 0 heterocycles. The molecule has 110 valence electrons. The third-order valence-corrected chi connectivity index (χ3v) is 4.96. The fraction of sp³-hybridized carbons (Fsp3) is 0.533. The summed E-state index contributed by atoms with van der Waals surface area (Å²) < 4.78 is 13.9. The highest BCUT2D eigenvalue weighted by Gasteiger charge is 2.40. The number of hydrogen-bond donors (Lipinski definition) is 0. The fourth-order valence-corrected chi connectivity index (χ4v) is 3.13. The monoisotopic (exact) mass is 342 g/mol. The van der Waals surface area contributed by atoms with Gasteiger partial charge in [-0.25, -0.2) is 4.39 Å². The third kappa shape index (κ3) is 2.88. The Morgan fingerprint density at radius 3 is 2.50 bits per heavy atom. The van der Waals surface area contributed by atoms with Crippen LogP contribution in [0.3, 0.4) is 0 Å². The molecule has 20 heavy (non-hydrogen) atoms. The van der Waals surface area contributed by atoms with Gasteiger partial charge in [0.1, 0.15) is 5.82 Å². The summed E-state index contributed by atoms with van der Waals surface area (Å²) in [4.78, 5) is 16.4. The summed E-state index contributed by atoms with van der Waals surface area (Å²) in [6, 6.07) is 4.20. The highest BCUT2D eigenvalue weighted by Crippen LogP contribution is 2.37. The van der Waals surface area contributed by atoms with E-state index in [9.17, 15) is 9.18 Å². The van der Waals surface area contributed by atoms with Gasteiger partial charge in [0.25, 0.3) is 5.91 Å². The second-order valence-electron chi connectivity index (χ2n) is 5.76. The number of benzene rings is 1. The van der Waals surface area contributed by atoms with Crippen LogP contribution in [-0.2, 0) is 0 Å². The largest absolute Gasteiger partial charge is 0.340 e. The minimum absolute atomic E-state index is 0.0736. The molecule has 1 aromatic carbocycles. The maximum atomic E-state index is 13.3. The zero-order chi connectivity index (χ0) is 14.9. The number of nitrogens with zero attached hydrogens (tertiary/aromatic N) is 2. The summed E-state index contributed by atoms with van der Waals surface area (Å²) in [6.45, 7) is 0.668. The van der Waals surface area contributed by atoms with Crippen LogP contribution in [-0.4, -0.2) is 48.9 Å². The number of carbonyl (C=O) groups excluding carboxylic acids is 1. The van der Waals surface area contributed by atoms with Gasteiger partial charge in [-0.1, -0.05) is 0 Å². The number of amides is 1. The van der Waals surface area contributed by atoms with E-state index in [4.69, 9.17) is 0 Å². The molecule has 3 nitrogen and oxygen atoms in total. The molecule has 0 aliphatic heterocycles. The molecule has 0 unspecified atom stereocenters. The molecule has 0 atom stereocenters. The van der Waals surface area contributed by atoms with Crippen LogP contribution < -0.4 is 0 Å². The molecule has 1 aliphatic carbocycles. The van der Waals surface area contributed by atoms with Crippen LogP contribution in [0.25, 0.3) is 0 Å². The van der Waals surface area contributed by atoms with Crippen molar-refractivity contribution in [3.05, 3.63) is 34.1 Å². The average molecular weight is 343 g/mol. The van der Waals surface area contributed by atoms with Crippen LogP contribution in [0.15, 0.2) is 22.7 Å². The van der Waals surface area contributed by atoms with Gasteiger partial charge in [0, 0.05) is 23.6 Å². The van der Waals surface area contributed by atoms with Crippen molar-refractivity contribution in [2.45, 2.75) is 24.8 Å². The summed E-state index contributed by atoms with van der Waals surface area (Å²) in [5.74, 6) is -0.541. The average Bonchev–Trinajstić information content (AvgIpc) is 2.35. The molecule has 1 aliphatic rings. The Morgan fingerprint density at radius 1 is 1.35 bits per heavy atom. The zero-order valence-electron chi connectivity index (χ0n) is 12.1. The van der Waals surface area contributed by atoms with Crippen molar-refractivity contribution in [1.29, 1.82) is 0 Å². The molecule has 2 rings (SSSR count). The molecule has 0 N–H and O–H groups in total. The lowest BCUT2D eigenvalue weighted by Crippen LogP contribution is -2.57. The normalized spacial score (nSPS) is 16.9. The molecule has 1 aromatic rings. The predicted octanol–water partition coefficient (Wildman–Crippen LogP) is 3.14. The molecule has 0 bridgehead atoms. The summed E-state index contributed by atoms with van der Waals surface area (Å²) in [6.07, 6.45) is 3.40. The van der Waals surface area contributed by atoms with E-state index in [1.54, 1.807) is 18.0 Å². The molecule has 0 saturated heterocycles. The number of carbonyl (C=O) groups is 1. The van der Waals surface area contributed by atoms with Gasteiger partial charge in [0.2, 0.25) is 0 Å². The Kier molecular flexibility index (Phi) is 4.49. The summed E-state index contributed by atoms with van der Waals surface area (Å²) in [5, 5.41) is 0. The fourth-order valence-electron chi connectivity index (χ4n) is 2.71. The molecule has 1 fully saturated rings. The van der Waals surface area contributed by atoms with Crippen LogP contribution in [0.4, 0.5) is 4.39 Å². The van der Waals surface area contributed by atoms with Crippen LogP contribution in [0.5, 0.6) is 0 Å². The Hall–Kier alpha value is -0.940. The number of halogens is 2. The first-order chi connectivity index (χ1) is 9.35. The van der Waals surface area contributed by atoms with Crippen LogP contribution in [0, 0.1) is 5.82 Å². The SMILES string of the molecule is CN(CC1(N(C)C)CCC1)C(=O)c1cc(F)ccc1Br. The quantitative estimate of drug-likeness (QED) is 0.839. The standard InChI is InChI=1S/C15H20BrFN2O/c1-18(2)15(7-4-8-15)10-19(3)14(20)12-9-11(17)5-6-13(12)16/h5-6,9H,4,7-8,10H2,1-3H3. The predicted molar refractivity (Wildman–Crippen MR) is 81.3 cm³/mol. The van der Waals surface area contributed by atoms with E-state index in [0.29, 0.717) is 16.6 Å². The van der Waals surface area contributed by atoms with Crippen LogP contribution in [0.2, 0.25) is 0 Å². The van der Waals surface area contributed by atoms with Crippen molar-refractivity contribution in [3.8, 4) is 0 Å². The first-order valence-electron chi connectivity index (χ1n) is 6.74. The third-order valence-electron chi connectivity index (χ3n) is 4.27. The maximum Gasteiger partial charge on any atom is 0.254 e. The number of likely N-dealkylation sites (N-methyl/N-ethyl adjacent to an activating group) is 2. The van der Waals surface area contributed by atoms with Crippen LogP contribution in [0.1, 0.15) is 29.6 Å². The van der Waals surface area contributed by atoms with Crippen LogP contribution >= 0.6 is 15.9 Å². The molecule has 1 amide bonds. The number of hydrogen-bond acceptors (Lipinski definition) is 2. The van der Waals surface area contributed by atoms with E-state index in [2.05, 4.69) is 34.9 Å². The van der Waals surface area contributed by atoms with Crippen molar-refractivity contribution in [2.75, 3.05) is 27.7 Å². The van der Waals surface area contributed by atoms with Crippen molar-refractivity contribution in [1.82, 2.24) is 9.80 Å². The Labute approximate surface area is 127 Å². The van der Waals surface area contributed by atoms with Gasteiger partial charge in [-0.2, -0.15) is 0 Å².